The van der Waals surface area contributed by atoms with Crippen LogP contribution < -0.4 is 16.4 Å². The minimum atomic E-state index is -0.103. The molecule has 1 saturated carbocycles. The number of thiazole rings is 1. The maximum Gasteiger partial charge on any atom is 0.229 e. The molecule has 0 bridgehead atoms. The second kappa shape index (κ2) is 9.12. The molecule has 1 aromatic carbocycles. The molecule has 0 saturated heterocycles. The fourth-order valence-electron chi connectivity index (χ4n) is 3.25. The summed E-state index contributed by atoms with van der Waals surface area (Å²) in [4.78, 5) is 28.0. The Labute approximate surface area is 163 Å². The molecule has 0 spiro atoms. The predicted molar refractivity (Wildman–Crippen MR) is 108 cm³/mol. The van der Waals surface area contributed by atoms with Crippen LogP contribution in [0.5, 0.6) is 0 Å². The number of hydrogen-bond acceptors (Lipinski definition) is 5. The smallest absolute Gasteiger partial charge is 0.229 e. The highest BCUT2D eigenvalue weighted by molar-refractivity contribution is 7.14. The number of halogens is 1. The van der Waals surface area contributed by atoms with Crippen molar-refractivity contribution in [2.75, 3.05) is 17.2 Å². The Bertz CT molecular complexity index is 763. The minimum Gasteiger partial charge on any atom is -0.330 e. The van der Waals surface area contributed by atoms with Crippen LogP contribution in [0.2, 0.25) is 0 Å². The number of carbonyl (C=O) groups is 2. The number of amides is 2. The number of carbonyl (C=O) groups excluding carboxylic acids is 2. The van der Waals surface area contributed by atoms with Gasteiger partial charge in [0.15, 0.2) is 5.13 Å². The Morgan fingerprint density at radius 2 is 1.96 bits per heavy atom. The van der Waals surface area contributed by atoms with E-state index in [1.807, 2.05) is 29.6 Å². The van der Waals surface area contributed by atoms with E-state index in [2.05, 4.69) is 15.6 Å². The SMILES string of the molecule is CC(=O)Nc1ccc(-c2csc(NC(=O)[C@@H]3CCC[C@@H]3CN)n2)cc1.Cl. The van der Waals surface area contributed by atoms with Crippen LogP contribution in [0.15, 0.2) is 29.6 Å². The monoisotopic (exact) mass is 394 g/mol. The number of anilines is 2. The Kier molecular flexibility index (Phi) is 7.14. The molecule has 8 heteroatoms. The Morgan fingerprint density at radius 1 is 1.23 bits per heavy atom. The van der Waals surface area contributed by atoms with Crippen LogP contribution in [0.25, 0.3) is 11.3 Å². The summed E-state index contributed by atoms with van der Waals surface area (Å²) in [7, 11) is 0. The van der Waals surface area contributed by atoms with Crippen LogP contribution in [0.3, 0.4) is 0 Å². The zero-order valence-corrected chi connectivity index (χ0v) is 16.2. The summed E-state index contributed by atoms with van der Waals surface area (Å²) >= 11 is 1.41. The molecule has 3 rings (SSSR count). The van der Waals surface area contributed by atoms with Crippen LogP contribution >= 0.6 is 23.7 Å². The van der Waals surface area contributed by atoms with Crippen molar-refractivity contribution in [2.24, 2.45) is 17.6 Å². The highest BCUT2D eigenvalue weighted by Crippen LogP contribution is 2.33. The van der Waals surface area contributed by atoms with Crippen molar-refractivity contribution in [3.63, 3.8) is 0 Å². The maximum atomic E-state index is 12.4. The van der Waals surface area contributed by atoms with Crippen molar-refractivity contribution in [1.29, 1.82) is 0 Å². The lowest BCUT2D eigenvalue weighted by Crippen LogP contribution is -2.29. The summed E-state index contributed by atoms with van der Waals surface area (Å²) < 4.78 is 0. The first-order valence-corrected chi connectivity index (χ1v) is 9.29. The molecule has 1 aliphatic rings. The van der Waals surface area contributed by atoms with Crippen LogP contribution in [0.4, 0.5) is 10.8 Å². The standard InChI is InChI=1S/C18H22N4O2S.ClH/c1-11(23)20-14-7-5-12(6-8-14)16-10-25-18(21-16)22-17(24)15-4-2-3-13(15)9-19;/h5-8,10,13,15H,2-4,9,19H2,1H3,(H,20,23)(H,21,22,24);1H/t13-,15-;/m1./s1. The molecule has 0 aliphatic heterocycles. The van der Waals surface area contributed by atoms with Gasteiger partial charge in [0.2, 0.25) is 11.8 Å². The molecule has 2 atom stereocenters. The van der Waals surface area contributed by atoms with Gasteiger partial charge in [-0.25, -0.2) is 4.98 Å². The van der Waals surface area contributed by atoms with E-state index in [-0.39, 0.29) is 36.1 Å². The average Bonchev–Trinajstić information content (AvgIpc) is 3.23. The van der Waals surface area contributed by atoms with Gasteiger partial charge in [-0.15, -0.1) is 23.7 Å². The maximum absolute atomic E-state index is 12.4. The van der Waals surface area contributed by atoms with Gasteiger partial charge in [0.1, 0.15) is 0 Å². The van der Waals surface area contributed by atoms with Crippen molar-refractivity contribution < 1.29 is 9.59 Å². The highest BCUT2D eigenvalue weighted by Gasteiger charge is 2.32. The van der Waals surface area contributed by atoms with Gasteiger partial charge >= 0.3 is 0 Å². The normalized spacial score (nSPS) is 18.8. The lowest BCUT2D eigenvalue weighted by Gasteiger charge is -2.16. The Morgan fingerprint density at radius 3 is 2.62 bits per heavy atom. The number of hydrogen-bond donors (Lipinski definition) is 3. The van der Waals surface area contributed by atoms with Crippen molar-refractivity contribution >= 4 is 46.4 Å². The molecule has 1 aliphatic carbocycles. The molecule has 1 aromatic heterocycles. The summed E-state index contributed by atoms with van der Waals surface area (Å²) in [6.45, 7) is 2.03. The van der Waals surface area contributed by atoms with E-state index < -0.39 is 0 Å². The Balaban J connectivity index is 0.00000243. The van der Waals surface area contributed by atoms with Gasteiger partial charge < -0.3 is 16.4 Å². The van der Waals surface area contributed by atoms with E-state index >= 15 is 0 Å². The topological polar surface area (TPSA) is 97.1 Å². The van der Waals surface area contributed by atoms with Gasteiger partial charge in [-0.05, 0) is 37.4 Å². The minimum absolute atomic E-state index is 0. The first kappa shape index (κ1) is 20.4. The predicted octanol–water partition coefficient (Wildman–Crippen LogP) is 3.50. The van der Waals surface area contributed by atoms with Gasteiger partial charge in [-0.1, -0.05) is 18.6 Å². The van der Waals surface area contributed by atoms with Gasteiger partial charge in [0.25, 0.3) is 0 Å². The van der Waals surface area contributed by atoms with Crippen molar-refractivity contribution in [1.82, 2.24) is 4.98 Å². The second-order valence-electron chi connectivity index (χ2n) is 6.32. The Hall–Kier alpha value is -1.96. The molecule has 2 aromatic rings. The third-order valence-electron chi connectivity index (χ3n) is 4.53. The first-order chi connectivity index (χ1) is 12.1. The number of aromatic nitrogens is 1. The summed E-state index contributed by atoms with van der Waals surface area (Å²) in [5.41, 5.74) is 8.24. The van der Waals surface area contributed by atoms with Gasteiger partial charge in [-0.3, -0.25) is 9.59 Å². The first-order valence-electron chi connectivity index (χ1n) is 8.41. The zero-order valence-electron chi connectivity index (χ0n) is 14.5. The van der Waals surface area contributed by atoms with E-state index in [0.29, 0.717) is 11.7 Å². The fourth-order valence-corrected chi connectivity index (χ4v) is 3.98. The van der Waals surface area contributed by atoms with Crippen LogP contribution in [-0.2, 0) is 9.59 Å². The molecule has 6 nitrogen and oxygen atoms in total. The molecule has 2 amide bonds. The zero-order chi connectivity index (χ0) is 17.8. The second-order valence-corrected chi connectivity index (χ2v) is 7.18. The lowest BCUT2D eigenvalue weighted by molar-refractivity contribution is -0.120. The number of nitrogens with zero attached hydrogens (tertiary/aromatic N) is 1. The number of rotatable bonds is 5. The summed E-state index contributed by atoms with van der Waals surface area (Å²) in [5.74, 6) is 0.194. The molecule has 0 radical (unpaired) electrons. The van der Waals surface area contributed by atoms with Crippen LogP contribution in [-0.4, -0.2) is 23.3 Å². The van der Waals surface area contributed by atoms with Crippen molar-refractivity contribution in [2.45, 2.75) is 26.2 Å². The van der Waals surface area contributed by atoms with E-state index in [1.165, 1.54) is 18.3 Å². The van der Waals surface area contributed by atoms with E-state index in [0.717, 1.165) is 36.2 Å². The van der Waals surface area contributed by atoms with Crippen molar-refractivity contribution in [3.05, 3.63) is 29.6 Å². The fraction of sp³-hybridized carbons (Fsp3) is 0.389. The number of nitrogens with one attached hydrogen (secondary N) is 2. The quantitative estimate of drug-likeness (QED) is 0.722. The molecular formula is C18H23ClN4O2S. The van der Waals surface area contributed by atoms with E-state index in [4.69, 9.17) is 5.73 Å². The molecular weight excluding hydrogens is 372 g/mol. The van der Waals surface area contributed by atoms with E-state index in [9.17, 15) is 9.59 Å². The molecule has 1 fully saturated rings. The van der Waals surface area contributed by atoms with Crippen LogP contribution in [0, 0.1) is 11.8 Å². The molecule has 4 N–H and O–H groups in total. The summed E-state index contributed by atoms with van der Waals surface area (Å²) in [6.07, 6.45) is 2.98. The largest absolute Gasteiger partial charge is 0.330 e. The van der Waals surface area contributed by atoms with Gasteiger partial charge in [-0.2, -0.15) is 0 Å². The lowest BCUT2D eigenvalue weighted by atomic mass is 9.95. The summed E-state index contributed by atoms with van der Waals surface area (Å²) in [6, 6.07) is 7.46. The average molecular weight is 395 g/mol. The van der Waals surface area contributed by atoms with Crippen molar-refractivity contribution in [3.8, 4) is 11.3 Å². The highest BCUT2D eigenvalue weighted by atomic mass is 35.5. The van der Waals surface area contributed by atoms with Gasteiger partial charge in [0.05, 0.1) is 5.69 Å². The molecule has 140 valence electrons. The van der Waals surface area contributed by atoms with Crippen LogP contribution in [0.1, 0.15) is 26.2 Å². The molecule has 0 unspecified atom stereocenters. The third-order valence-corrected chi connectivity index (χ3v) is 5.29. The molecule has 1 heterocycles. The molecule has 26 heavy (non-hydrogen) atoms. The number of nitrogens with two attached hydrogens (primary N) is 1. The third kappa shape index (κ3) is 4.81. The van der Waals surface area contributed by atoms with Gasteiger partial charge in [0, 0.05) is 29.5 Å². The summed E-state index contributed by atoms with van der Waals surface area (Å²) in [5, 5.41) is 8.18. The number of benzene rings is 1. The van der Waals surface area contributed by atoms with E-state index in [1.54, 1.807) is 0 Å².